The maximum absolute atomic E-state index is 4.78. The first-order chi connectivity index (χ1) is 24.7. The number of aryl methyl sites for hydroxylation is 1. The van der Waals surface area contributed by atoms with Gasteiger partial charge in [-0.1, -0.05) is 66.7 Å². The largest absolute Gasteiger partial charge is 0.308 e. The minimum Gasteiger partial charge on any atom is -0.308 e. The van der Waals surface area contributed by atoms with Gasteiger partial charge in [0.2, 0.25) is 11.4 Å². The number of para-hydroxylation sites is 1. The Morgan fingerprint density at radius 1 is 0.580 bits per heavy atom. The van der Waals surface area contributed by atoms with Crippen LogP contribution in [-0.2, 0) is 6.42 Å². The first-order valence-electron chi connectivity index (χ1n) is 17.8. The van der Waals surface area contributed by atoms with E-state index in [-0.39, 0.29) is 6.04 Å². The summed E-state index contributed by atoms with van der Waals surface area (Å²) in [4.78, 5) is 0. The molecule has 0 spiro atoms. The molecule has 3 nitrogen and oxygen atoms in total. The van der Waals surface area contributed by atoms with Crippen molar-refractivity contribution in [1.82, 2.24) is 4.40 Å². The van der Waals surface area contributed by atoms with Gasteiger partial charge in [0.25, 0.3) is 0 Å². The molecule has 236 valence electrons. The SMILES string of the molecule is C=C1CC2C(CCc3cc4c(cc3-c3cccc[n+]31)c1cc(-c3ccccc3)cc3c5ccccc5n4c31)c1ccccc1-c1cccc[n+]12. The van der Waals surface area contributed by atoms with Gasteiger partial charge in [0.15, 0.2) is 24.1 Å². The first kappa shape index (κ1) is 27.8. The number of rotatable bonds is 1. The molecule has 0 saturated carbocycles. The zero-order valence-electron chi connectivity index (χ0n) is 27.8. The van der Waals surface area contributed by atoms with Crippen molar-refractivity contribution in [3.63, 3.8) is 0 Å². The molecule has 0 fully saturated rings. The highest BCUT2D eigenvalue weighted by Gasteiger charge is 2.42. The Balaban J connectivity index is 1.19. The maximum Gasteiger partial charge on any atom is 0.218 e. The lowest BCUT2D eigenvalue weighted by Crippen LogP contribution is -2.49. The summed E-state index contributed by atoms with van der Waals surface area (Å²) in [6.45, 7) is 4.78. The molecule has 0 amide bonds. The molecule has 0 saturated heterocycles. The summed E-state index contributed by atoms with van der Waals surface area (Å²) in [7, 11) is 0. The number of hydrogen-bond donors (Lipinski definition) is 0. The second-order valence-corrected chi connectivity index (χ2v) is 14.2. The Morgan fingerprint density at radius 3 is 2.22 bits per heavy atom. The Bertz CT molecular complexity index is 2820. The summed E-state index contributed by atoms with van der Waals surface area (Å²) in [5.74, 6) is 0.361. The van der Waals surface area contributed by atoms with Gasteiger partial charge in [-0.15, -0.1) is 0 Å². The van der Waals surface area contributed by atoms with Crippen molar-refractivity contribution in [2.24, 2.45) is 0 Å². The number of pyridine rings is 2. The second kappa shape index (κ2) is 10.5. The molecule has 9 aromatic rings. The maximum atomic E-state index is 4.78. The summed E-state index contributed by atoms with van der Waals surface area (Å²) in [5.41, 5.74) is 15.5. The average molecular weight is 642 g/mol. The zero-order chi connectivity index (χ0) is 32.9. The lowest BCUT2D eigenvalue weighted by molar-refractivity contribution is -0.720. The highest BCUT2D eigenvalue weighted by atomic mass is 15.0. The average Bonchev–Trinajstić information content (AvgIpc) is 3.68. The molecule has 0 bridgehead atoms. The van der Waals surface area contributed by atoms with Crippen molar-refractivity contribution in [2.45, 2.75) is 31.2 Å². The van der Waals surface area contributed by atoms with Crippen LogP contribution in [0.15, 0.2) is 158 Å². The van der Waals surface area contributed by atoms with E-state index in [1.165, 1.54) is 82.9 Å². The van der Waals surface area contributed by atoms with Crippen molar-refractivity contribution < 1.29 is 9.13 Å². The third-order valence-electron chi connectivity index (χ3n) is 11.6. The quantitative estimate of drug-likeness (QED) is 0.158. The molecule has 50 heavy (non-hydrogen) atoms. The van der Waals surface area contributed by atoms with Gasteiger partial charge in [-0.2, -0.15) is 9.13 Å². The van der Waals surface area contributed by atoms with Crippen LogP contribution in [0.3, 0.4) is 0 Å². The van der Waals surface area contributed by atoms with Crippen LogP contribution in [0.25, 0.3) is 77.4 Å². The normalized spacial score (nSPS) is 17.0. The van der Waals surface area contributed by atoms with Crippen LogP contribution in [0.2, 0.25) is 0 Å². The molecule has 2 unspecified atom stereocenters. The third kappa shape index (κ3) is 3.86. The van der Waals surface area contributed by atoms with E-state index in [4.69, 9.17) is 6.58 Å². The molecule has 11 rings (SSSR count). The standard InChI is InChI=1S/C47H35N3/c1-30-25-45-37(34-15-5-6-16-35(34)42-18-10-12-24-49(42)45)22-21-32-28-46-39(29-38(32)43-19-9-11-23-48(30)43)41-27-33(31-13-3-2-4-14-31)26-40-36-17-7-8-20-44(36)50(46)47(40)41/h2-20,23-24,26-29,37,45H,1,21-22,25H2/q+2. The predicted octanol–water partition coefficient (Wildman–Crippen LogP) is 10.6. The van der Waals surface area contributed by atoms with Gasteiger partial charge >= 0.3 is 0 Å². The van der Waals surface area contributed by atoms with Crippen molar-refractivity contribution in [2.75, 3.05) is 0 Å². The van der Waals surface area contributed by atoms with E-state index in [1.54, 1.807) is 0 Å². The van der Waals surface area contributed by atoms with Gasteiger partial charge < -0.3 is 4.40 Å². The summed E-state index contributed by atoms with van der Waals surface area (Å²) in [5, 5.41) is 5.23. The Hall–Kier alpha value is -6.06. The summed E-state index contributed by atoms with van der Waals surface area (Å²) >= 11 is 0. The molecule has 0 radical (unpaired) electrons. The molecule has 0 aliphatic carbocycles. The highest BCUT2D eigenvalue weighted by Crippen LogP contribution is 2.46. The van der Waals surface area contributed by atoms with E-state index in [0.29, 0.717) is 5.92 Å². The Morgan fingerprint density at radius 2 is 1.32 bits per heavy atom. The summed E-state index contributed by atoms with van der Waals surface area (Å²) < 4.78 is 7.42. The topological polar surface area (TPSA) is 12.2 Å². The minimum atomic E-state index is 0.277. The van der Waals surface area contributed by atoms with Gasteiger partial charge in [0.05, 0.1) is 28.5 Å². The van der Waals surface area contributed by atoms with E-state index in [0.717, 1.165) is 25.0 Å². The highest BCUT2D eigenvalue weighted by molar-refractivity contribution is 6.24. The van der Waals surface area contributed by atoms with E-state index < -0.39 is 0 Å². The van der Waals surface area contributed by atoms with Crippen LogP contribution < -0.4 is 9.13 Å². The fourth-order valence-corrected chi connectivity index (χ4v) is 9.43. The van der Waals surface area contributed by atoms with Gasteiger partial charge in [-0.05, 0) is 90.2 Å². The van der Waals surface area contributed by atoms with Gasteiger partial charge in [-0.3, -0.25) is 0 Å². The van der Waals surface area contributed by atoms with Crippen molar-refractivity contribution in [3.05, 3.63) is 170 Å². The van der Waals surface area contributed by atoms with Crippen LogP contribution >= 0.6 is 0 Å². The molecular formula is C47H35N3+2. The fraction of sp³-hybridized carbons (Fsp3) is 0.106. The van der Waals surface area contributed by atoms with Crippen LogP contribution in [0.5, 0.6) is 0 Å². The molecule has 4 aromatic heterocycles. The van der Waals surface area contributed by atoms with Crippen LogP contribution in [-0.4, -0.2) is 4.40 Å². The molecular weight excluding hydrogens is 607 g/mol. The fourth-order valence-electron chi connectivity index (χ4n) is 9.43. The first-order valence-corrected chi connectivity index (χ1v) is 17.8. The number of hydrogen-bond acceptors (Lipinski definition) is 0. The van der Waals surface area contributed by atoms with Crippen molar-refractivity contribution in [1.29, 1.82) is 0 Å². The molecule has 2 aliphatic rings. The third-order valence-corrected chi connectivity index (χ3v) is 11.6. The van der Waals surface area contributed by atoms with E-state index in [1.807, 2.05) is 0 Å². The molecule has 2 atom stereocenters. The predicted molar refractivity (Wildman–Crippen MR) is 204 cm³/mol. The second-order valence-electron chi connectivity index (χ2n) is 14.2. The lowest BCUT2D eigenvalue weighted by atomic mass is 9.77. The molecule has 0 N–H and O–H groups in total. The summed E-state index contributed by atoms with van der Waals surface area (Å²) in [6.07, 6.45) is 7.41. The molecule has 5 aromatic carbocycles. The van der Waals surface area contributed by atoms with Crippen molar-refractivity contribution in [3.8, 4) is 33.6 Å². The van der Waals surface area contributed by atoms with E-state index in [9.17, 15) is 0 Å². The summed E-state index contributed by atoms with van der Waals surface area (Å²) in [6, 6.07) is 52.2. The Labute approximate surface area is 291 Å². The van der Waals surface area contributed by atoms with Gasteiger partial charge in [0.1, 0.15) is 0 Å². The Kier molecular flexibility index (Phi) is 5.83. The van der Waals surface area contributed by atoms with Crippen molar-refractivity contribution >= 4 is 43.8 Å². The van der Waals surface area contributed by atoms with Gasteiger partial charge in [0, 0.05) is 57.3 Å². The lowest BCUT2D eigenvalue weighted by Gasteiger charge is -2.31. The molecule has 6 heterocycles. The van der Waals surface area contributed by atoms with Crippen LogP contribution in [0.4, 0.5) is 0 Å². The smallest absolute Gasteiger partial charge is 0.218 e. The van der Waals surface area contributed by atoms with Crippen LogP contribution in [0.1, 0.15) is 35.9 Å². The number of nitrogens with zero attached hydrogens (tertiary/aromatic N) is 3. The number of aromatic nitrogens is 3. The van der Waals surface area contributed by atoms with E-state index >= 15 is 0 Å². The minimum absolute atomic E-state index is 0.277. The molecule has 2 aliphatic heterocycles. The number of allylic oxidation sites excluding steroid dienone is 1. The zero-order valence-corrected chi connectivity index (χ0v) is 27.8. The monoisotopic (exact) mass is 641 g/mol. The van der Waals surface area contributed by atoms with Crippen LogP contribution in [0, 0.1) is 0 Å². The van der Waals surface area contributed by atoms with E-state index in [2.05, 4.69) is 165 Å². The van der Waals surface area contributed by atoms with Gasteiger partial charge in [-0.25, -0.2) is 0 Å². The number of benzene rings is 5. The number of fused-ring (bicyclic) bond motifs is 15. The molecule has 3 heteroatoms.